The summed E-state index contributed by atoms with van der Waals surface area (Å²) in [6, 6.07) is 4.29. The number of hydrogen-bond acceptors (Lipinski definition) is 5. The van der Waals surface area contributed by atoms with Gasteiger partial charge in [0.15, 0.2) is 0 Å². The summed E-state index contributed by atoms with van der Waals surface area (Å²) in [4.78, 5) is 16.4. The van der Waals surface area contributed by atoms with Gasteiger partial charge in [-0.05, 0) is 69.5 Å². The molecule has 0 aliphatic carbocycles. The molecule has 1 aromatic carbocycles. The van der Waals surface area contributed by atoms with Gasteiger partial charge in [-0.1, -0.05) is 5.16 Å². The van der Waals surface area contributed by atoms with E-state index in [0.29, 0.717) is 35.2 Å². The number of halogens is 2. The fourth-order valence-electron chi connectivity index (χ4n) is 2.98. The first-order valence-electron chi connectivity index (χ1n) is 8.63. The molecule has 0 spiro atoms. The number of carbonyl (C=O) groups excluding carboxylic acids is 1. The van der Waals surface area contributed by atoms with E-state index in [0.717, 1.165) is 25.9 Å². The van der Waals surface area contributed by atoms with E-state index in [1.165, 1.54) is 6.07 Å². The maximum Gasteiger partial charge on any atom is 0.249 e. The van der Waals surface area contributed by atoms with Gasteiger partial charge in [0.2, 0.25) is 17.6 Å². The fourth-order valence-corrected chi connectivity index (χ4v) is 2.98. The summed E-state index contributed by atoms with van der Waals surface area (Å²) in [7, 11) is 0. The number of carbonyl (C=O) groups is 1. The van der Waals surface area contributed by atoms with Crippen LogP contribution in [0.2, 0.25) is 0 Å². The van der Waals surface area contributed by atoms with Crippen LogP contribution in [0.4, 0.5) is 4.39 Å². The van der Waals surface area contributed by atoms with Crippen molar-refractivity contribution >= 4 is 18.3 Å². The molecular weight excluding hydrogens is 359 g/mol. The molecule has 1 aliphatic rings. The van der Waals surface area contributed by atoms with Crippen molar-refractivity contribution in [2.45, 2.75) is 39.2 Å². The molecule has 2 aromatic rings. The Bertz CT molecular complexity index is 747. The summed E-state index contributed by atoms with van der Waals surface area (Å²) in [5.74, 6) is 1.02. The molecular formula is C18H24ClFN4O2. The third-order valence-electron chi connectivity index (χ3n) is 4.55. The second kappa shape index (κ2) is 9.09. The summed E-state index contributed by atoms with van der Waals surface area (Å²) >= 11 is 0. The topological polar surface area (TPSA) is 80.0 Å². The average molecular weight is 383 g/mol. The van der Waals surface area contributed by atoms with Gasteiger partial charge in [-0.15, -0.1) is 12.4 Å². The van der Waals surface area contributed by atoms with Crippen LogP contribution in [-0.2, 0) is 4.79 Å². The Balaban J connectivity index is 0.00000243. The van der Waals surface area contributed by atoms with Crippen LogP contribution >= 0.6 is 12.4 Å². The molecule has 2 heterocycles. The van der Waals surface area contributed by atoms with E-state index in [9.17, 15) is 9.18 Å². The number of amides is 1. The Hall–Kier alpha value is -1.99. The molecule has 1 aliphatic heterocycles. The predicted octanol–water partition coefficient (Wildman–Crippen LogP) is 3.17. The molecule has 1 aromatic heterocycles. The van der Waals surface area contributed by atoms with Crippen molar-refractivity contribution in [2.75, 3.05) is 13.1 Å². The Morgan fingerprint density at radius 2 is 2.31 bits per heavy atom. The normalized spacial score (nSPS) is 17.6. The number of hydrogen-bond donors (Lipinski definition) is 2. The SMILES string of the molecule is Cc1cc(-c2noc(C(C)NC(=O)CCC3CCNC3)n2)ccc1F.Cl. The Kier molecular flexibility index (Phi) is 7.11. The zero-order chi connectivity index (χ0) is 17.8. The van der Waals surface area contributed by atoms with Crippen molar-refractivity contribution in [3.8, 4) is 11.4 Å². The van der Waals surface area contributed by atoms with Gasteiger partial charge in [-0.3, -0.25) is 4.79 Å². The van der Waals surface area contributed by atoms with Gasteiger partial charge < -0.3 is 15.2 Å². The molecule has 1 amide bonds. The predicted molar refractivity (Wildman–Crippen MR) is 98.4 cm³/mol. The summed E-state index contributed by atoms with van der Waals surface area (Å²) in [5, 5.41) is 10.1. The molecule has 2 atom stereocenters. The first-order chi connectivity index (χ1) is 12.0. The highest BCUT2D eigenvalue weighted by Gasteiger charge is 2.20. The zero-order valence-electron chi connectivity index (χ0n) is 14.9. The highest BCUT2D eigenvalue weighted by Crippen LogP contribution is 2.21. The number of aryl methyl sites for hydroxylation is 1. The van der Waals surface area contributed by atoms with Crippen LogP contribution in [0.1, 0.15) is 43.7 Å². The van der Waals surface area contributed by atoms with Crippen molar-refractivity contribution in [2.24, 2.45) is 5.92 Å². The van der Waals surface area contributed by atoms with Crippen LogP contribution in [-0.4, -0.2) is 29.1 Å². The molecule has 3 rings (SSSR count). The number of nitrogens with one attached hydrogen (secondary N) is 2. The lowest BCUT2D eigenvalue weighted by molar-refractivity contribution is -0.122. The van der Waals surface area contributed by atoms with Gasteiger partial charge >= 0.3 is 0 Å². The number of nitrogens with zero attached hydrogens (tertiary/aromatic N) is 2. The Morgan fingerprint density at radius 3 is 3.00 bits per heavy atom. The molecule has 1 fully saturated rings. The van der Waals surface area contributed by atoms with Gasteiger partial charge in [0, 0.05) is 12.0 Å². The monoisotopic (exact) mass is 382 g/mol. The van der Waals surface area contributed by atoms with Crippen LogP contribution in [0, 0.1) is 18.7 Å². The van der Waals surface area contributed by atoms with E-state index < -0.39 is 0 Å². The largest absolute Gasteiger partial charge is 0.345 e. The molecule has 0 saturated carbocycles. The van der Waals surface area contributed by atoms with Gasteiger partial charge in [0.25, 0.3) is 0 Å². The quantitative estimate of drug-likeness (QED) is 0.802. The number of aromatic nitrogens is 2. The van der Waals surface area contributed by atoms with Crippen LogP contribution in [0.5, 0.6) is 0 Å². The van der Waals surface area contributed by atoms with Crippen molar-refractivity contribution < 1.29 is 13.7 Å². The molecule has 2 N–H and O–H groups in total. The van der Waals surface area contributed by atoms with E-state index >= 15 is 0 Å². The van der Waals surface area contributed by atoms with Gasteiger partial charge in [-0.25, -0.2) is 4.39 Å². The highest BCUT2D eigenvalue weighted by atomic mass is 35.5. The van der Waals surface area contributed by atoms with E-state index in [1.807, 2.05) is 6.92 Å². The van der Waals surface area contributed by atoms with Crippen molar-refractivity contribution in [1.29, 1.82) is 0 Å². The molecule has 6 nitrogen and oxygen atoms in total. The van der Waals surface area contributed by atoms with Crippen molar-refractivity contribution in [1.82, 2.24) is 20.8 Å². The van der Waals surface area contributed by atoms with E-state index in [-0.39, 0.29) is 30.2 Å². The number of rotatable bonds is 6. The van der Waals surface area contributed by atoms with Gasteiger partial charge in [0.1, 0.15) is 11.9 Å². The molecule has 0 radical (unpaired) electrons. The lowest BCUT2D eigenvalue weighted by Crippen LogP contribution is -2.27. The van der Waals surface area contributed by atoms with E-state index in [4.69, 9.17) is 4.52 Å². The molecule has 142 valence electrons. The maximum absolute atomic E-state index is 13.4. The van der Waals surface area contributed by atoms with E-state index in [2.05, 4.69) is 20.8 Å². The first-order valence-corrected chi connectivity index (χ1v) is 8.63. The van der Waals surface area contributed by atoms with Crippen LogP contribution < -0.4 is 10.6 Å². The molecule has 2 unspecified atom stereocenters. The summed E-state index contributed by atoms with van der Waals surface area (Å²) < 4.78 is 18.6. The minimum atomic E-state index is -0.364. The minimum Gasteiger partial charge on any atom is -0.345 e. The summed E-state index contributed by atoms with van der Waals surface area (Å²) in [6.45, 7) is 5.52. The third kappa shape index (κ3) is 5.02. The van der Waals surface area contributed by atoms with Gasteiger partial charge in [0.05, 0.1) is 0 Å². The van der Waals surface area contributed by atoms with Crippen molar-refractivity contribution in [3.05, 3.63) is 35.5 Å². The smallest absolute Gasteiger partial charge is 0.249 e. The lowest BCUT2D eigenvalue weighted by atomic mass is 10.0. The molecule has 1 saturated heterocycles. The first kappa shape index (κ1) is 20.3. The Morgan fingerprint density at radius 1 is 1.50 bits per heavy atom. The van der Waals surface area contributed by atoms with Gasteiger partial charge in [-0.2, -0.15) is 4.98 Å². The Labute approximate surface area is 158 Å². The highest BCUT2D eigenvalue weighted by molar-refractivity contribution is 5.85. The number of benzene rings is 1. The lowest BCUT2D eigenvalue weighted by Gasteiger charge is -2.11. The molecule has 0 bridgehead atoms. The van der Waals surface area contributed by atoms with Crippen LogP contribution in [0.15, 0.2) is 22.7 Å². The summed E-state index contributed by atoms with van der Waals surface area (Å²) in [6.07, 6.45) is 2.51. The van der Waals surface area contributed by atoms with Crippen LogP contribution in [0.3, 0.4) is 0 Å². The molecule has 26 heavy (non-hydrogen) atoms. The van der Waals surface area contributed by atoms with Crippen LogP contribution in [0.25, 0.3) is 11.4 Å². The fraction of sp³-hybridized carbons (Fsp3) is 0.500. The zero-order valence-corrected chi connectivity index (χ0v) is 15.7. The maximum atomic E-state index is 13.4. The van der Waals surface area contributed by atoms with E-state index in [1.54, 1.807) is 19.1 Å². The minimum absolute atomic E-state index is 0. The standard InChI is InChI=1S/C18H23FN4O2.ClH/c1-11-9-14(4-5-15(11)19)17-22-18(25-23-17)12(2)21-16(24)6-3-13-7-8-20-10-13;/h4-5,9,12-13,20H,3,6-8,10H2,1-2H3,(H,21,24);1H. The van der Waals surface area contributed by atoms with Crippen molar-refractivity contribution in [3.63, 3.8) is 0 Å². The third-order valence-corrected chi connectivity index (χ3v) is 4.55. The second-order valence-electron chi connectivity index (χ2n) is 6.61. The second-order valence-corrected chi connectivity index (χ2v) is 6.61. The average Bonchev–Trinajstić information content (AvgIpc) is 3.27. The molecule has 8 heteroatoms. The summed E-state index contributed by atoms with van der Waals surface area (Å²) in [5.41, 5.74) is 1.20.